The summed E-state index contributed by atoms with van der Waals surface area (Å²) in [5, 5.41) is 0. The third kappa shape index (κ3) is 4.25. The minimum absolute atomic E-state index is 0.0263. The highest BCUT2D eigenvalue weighted by Crippen LogP contribution is 2.32. The fourth-order valence-electron chi connectivity index (χ4n) is 3.69. The molecule has 1 aliphatic heterocycles. The maximum atomic E-state index is 13.0. The van der Waals surface area contributed by atoms with E-state index >= 15 is 0 Å². The van der Waals surface area contributed by atoms with Crippen LogP contribution >= 0.6 is 0 Å². The minimum atomic E-state index is -4.50. The Labute approximate surface area is 175 Å². The van der Waals surface area contributed by atoms with Crippen LogP contribution in [0.15, 0.2) is 24.3 Å². The first-order valence-electron chi connectivity index (χ1n) is 9.61. The second-order valence-corrected chi connectivity index (χ2v) is 7.22. The summed E-state index contributed by atoms with van der Waals surface area (Å²) in [4.78, 5) is 29.6. The van der Waals surface area contributed by atoms with Crippen molar-refractivity contribution in [2.24, 2.45) is 0 Å². The van der Waals surface area contributed by atoms with E-state index in [9.17, 15) is 18.0 Å². The van der Waals surface area contributed by atoms with Crippen molar-refractivity contribution in [2.75, 3.05) is 27.3 Å². The highest BCUT2D eigenvalue weighted by Gasteiger charge is 2.33. The number of halogens is 3. The number of pyridine rings is 1. The molecule has 0 spiro atoms. The van der Waals surface area contributed by atoms with Gasteiger partial charge in [-0.05, 0) is 31.0 Å². The number of nitrogens with zero attached hydrogens (tertiary/aromatic N) is 4. The van der Waals surface area contributed by atoms with Crippen LogP contribution in [0.4, 0.5) is 13.2 Å². The molecule has 1 amide bonds. The summed E-state index contributed by atoms with van der Waals surface area (Å²) in [5.41, 5.74) is 0.739. The number of ether oxygens (including phenoxy) is 2. The summed E-state index contributed by atoms with van der Waals surface area (Å²) in [5.74, 6) is -0.143. The number of alkyl halides is 3. The van der Waals surface area contributed by atoms with Gasteiger partial charge in [-0.2, -0.15) is 23.1 Å². The van der Waals surface area contributed by atoms with Gasteiger partial charge in [0, 0.05) is 30.8 Å². The van der Waals surface area contributed by atoms with Crippen molar-refractivity contribution in [3.63, 3.8) is 0 Å². The van der Waals surface area contributed by atoms with Gasteiger partial charge < -0.3 is 19.4 Å². The highest BCUT2D eigenvalue weighted by atomic mass is 19.4. The minimum Gasteiger partial charge on any atom is -0.481 e. The van der Waals surface area contributed by atoms with E-state index in [0.717, 1.165) is 24.6 Å². The molecule has 4 rings (SSSR count). The van der Waals surface area contributed by atoms with E-state index in [-0.39, 0.29) is 34.9 Å². The number of amides is 1. The van der Waals surface area contributed by atoms with Crippen LogP contribution in [0.25, 0.3) is 11.0 Å². The van der Waals surface area contributed by atoms with Gasteiger partial charge in [-0.1, -0.05) is 0 Å². The summed E-state index contributed by atoms with van der Waals surface area (Å²) in [6, 6.07) is 5.42. The average Bonchev–Trinajstić information content (AvgIpc) is 3.21. The molecule has 0 radical (unpaired) electrons. The molecule has 11 heteroatoms. The third-order valence-corrected chi connectivity index (χ3v) is 5.23. The highest BCUT2D eigenvalue weighted by molar-refractivity contribution is 5.92. The summed E-state index contributed by atoms with van der Waals surface area (Å²) >= 11 is 0. The number of hydrogen-bond donors (Lipinski definition) is 1. The second kappa shape index (κ2) is 8.05. The molecule has 1 atom stereocenters. The molecule has 0 saturated carbocycles. The van der Waals surface area contributed by atoms with Crippen molar-refractivity contribution in [3.8, 4) is 11.9 Å². The maximum absolute atomic E-state index is 13.0. The van der Waals surface area contributed by atoms with Crippen molar-refractivity contribution in [1.82, 2.24) is 24.8 Å². The molecule has 8 nitrogen and oxygen atoms in total. The first-order valence-corrected chi connectivity index (χ1v) is 9.61. The van der Waals surface area contributed by atoms with Crippen LogP contribution < -0.4 is 9.47 Å². The summed E-state index contributed by atoms with van der Waals surface area (Å²) < 4.78 is 49.0. The Morgan fingerprint density at radius 2 is 1.97 bits per heavy atom. The molecule has 31 heavy (non-hydrogen) atoms. The molecule has 3 aromatic rings. The number of piperidine rings is 1. The molecule has 1 fully saturated rings. The van der Waals surface area contributed by atoms with Gasteiger partial charge in [0.25, 0.3) is 5.91 Å². The fraction of sp³-hybridized carbons (Fsp3) is 0.400. The summed E-state index contributed by atoms with van der Waals surface area (Å²) in [7, 11) is 2.83. The van der Waals surface area contributed by atoms with Gasteiger partial charge in [-0.3, -0.25) is 4.79 Å². The molecule has 1 saturated heterocycles. The largest absolute Gasteiger partial charge is 0.481 e. The van der Waals surface area contributed by atoms with Crippen LogP contribution in [-0.2, 0) is 6.18 Å². The Kier molecular flexibility index (Phi) is 5.42. The number of rotatable bonds is 4. The number of likely N-dealkylation sites (tertiary alicyclic amines) is 1. The molecule has 1 aliphatic rings. The zero-order valence-corrected chi connectivity index (χ0v) is 16.9. The standard InChI is InChI=1S/C20H20F3N5O3/c1-30-17-9-15(26-19(27-17)31-2)18(29)28-7-3-4-11(10-28)13-8-14-12(24-13)5-6-16(25-14)20(21,22)23/h5-6,8-9,11,24H,3-4,7,10H2,1-2H3. The number of nitrogens with one attached hydrogen (secondary N) is 1. The van der Waals surface area contributed by atoms with Crippen LogP contribution in [0.2, 0.25) is 0 Å². The maximum Gasteiger partial charge on any atom is 0.433 e. The van der Waals surface area contributed by atoms with Crippen LogP contribution in [0, 0.1) is 0 Å². The predicted molar refractivity (Wildman–Crippen MR) is 104 cm³/mol. The smallest absolute Gasteiger partial charge is 0.433 e. The van der Waals surface area contributed by atoms with Crippen LogP contribution in [0.3, 0.4) is 0 Å². The Balaban J connectivity index is 1.56. The van der Waals surface area contributed by atoms with E-state index in [1.165, 1.54) is 26.4 Å². The number of aromatic nitrogens is 4. The van der Waals surface area contributed by atoms with Gasteiger partial charge in [0.2, 0.25) is 5.88 Å². The Bertz CT molecular complexity index is 1090. The summed E-state index contributed by atoms with van der Waals surface area (Å²) in [6.07, 6.45) is -2.97. The first kappa shape index (κ1) is 20.9. The van der Waals surface area contributed by atoms with Crippen molar-refractivity contribution >= 4 is 16.9 Å². The number of fused-ring (bicyclic) bond motifs is 1. The van der Waals surface area contributed by atoms with Crippen molar-refractivity contribution in [1.29, 1.82) is 0 Å². The Hall–Kier alpha value is -3.37. The van der Waals surface area contributed by atoms with E-state index in [1.54, 1.807) is 11.0 Å². The number of H-pyrrole nitrogens is 1. The molecular formula is C20H20F3N5O3. The van der Waals surface area contributed by atoms with E-state index in [4.69, 9.17) is 9.47 Å². The van der Waals surface area contributed by atoms with Gasteiger partial charge in [-0.15, -0.1) is 0 Å². The van der Waals surface area contributed by atoms with Gasteiger partial charge in [0.15, 0.2) is 0 Å². The predicted octanol–water partition coefficient (Wildman–Crippen LogP) is 3.41. The lowest BCUT2D eigenvalue weighted by atomic mass is 9.94. The lowest BCUT2D eigenvalue weighted by Crippen LogP contribution is -2.39. The van der Waals surface area contributed by atoms with Crippen molar-refractivity contribution in [2.45, 2.75) is 24.9 Å². The van der Waals surface area contributed by atoms with Gasteiger partial charge in [0.1, 0.15) is 11.4 Å². The van der Waals surface area contributed by atoms with E-state index in [1.807, 2.05) is 0 Å². The fourth-order valence-corrected chi connectivity index (χ4v) is 3.69. The van der Waals surface area contributed by atoms with Crippen molar-refractivity contribution in [3.05, 3.63) is 41.3 Å². The van der Waals surface area contributed by atoms with E-state index in [0.29, 0.717) is 18.6 Å². The summed E-state index contributed by atoms with van der Waals surface area (Å²) in [6.45, 7) is 0.938. The van der Waals surface area contributed by atoms with Crippen LogP contribution in [-0.4, -0.2) is 58.1 Å². The Morgan fingerprint density at radius 1 is 1.16 bits per heavy atom. The van der Waals surface area contributed by atoms with E-state index in [2.05, 4.69) is 19.9 Å². The Morgan fingerprint density at radius 3 is 2.68 bits per heavy atom. The number of aromatic amines is 1. The van der Waals surface area contributed by atoms with Gasteiger partial charge >= 0.3 is 12.2 Å². The van der Waals surface area contributed by atoms with Gasteiger partial charge in [-0.25, -0.2) is 4.98 Å². The molecule has 0 aliphatic carbocycles. The normalized spacial score (nSPS) is 17.1. The molecule has 164 valence electrons. The lowest BCUT2D eigenvalue weighted by molar-refractivity contribution is -0.140. The topological polar surface area (TPSA) is 93.2 Å². The van der Waals surface area contributed by atoms with Gasteiger partial charge in [0.05, 0.1) is 25.3 Å². The van der Waals surface area contributed by atoms with Crippen LogP contribution in [0.1, 0.15) is 40.6 Å². The number of hydrogen-bond acceptors (Lipinski definition) is 6. The third-order valence-electron chi connectivity index (χ3n) is 5.23. The molecule has 0 aromatic carbocycles. The molecular weight excluding hydrogens is 415 g/mol. The van der Waals surface area contributed by atoms with Crippen molar-refractivity contribution < 1.29 is 27.4 Å². The monoisotopic (exact) mass is 435 g/mol. The SMILES string of the molecule is COc1cc(C(=O)N2CCCC(c3cc4nc(C(F)(F)F)ccc4[nH]3)C2)nc(OC)n1. The van der Waals surface area contributed by atoms with E-state index < -0.39 is 11.9 Å². The quantitative estimate of drug-likeness (QED) is 0.675. The molecule has 1 N–H and O–H groups in total. The first-order chi connectivity index (χ1) is 14.8. The zero-order valence-electron chi connectivity index (χ0n) is 16.9. The second-order valence-electron chi connectivity index (χ2n) is 7.22. The number of carbonyl (C=O) groups excluding carboxylic acids is 1. The number of methoxy groups -OCH3 is 2. The molecule has 1 unspecified atom stereocenters. The number of carbonyl (C=O) groups is 1. The molecule has 0 bridgehead atoms. The molecule has 4 heterocycles. The molecule has 3 aromatic heterocycles. The average molecular weight is 435 g/mol. The lowest BCUT2D eigenvalue weighted by Gasteiger charge is -2.32. The zero-order chi connectivity index (χ0) is 22.2. The van der Waals surface area contributed by atoms with Crippen LogP contribution in [0.5, 0.6) is 11.9 Å².